The van der Waals surface area contributed by atoms with E-state index in [1.54, 1.807) is 0 Å². The van der Waals surface area contributed by atoms with Crippen LogP contribution in [0.5, 0.6) is 0 Å². The number of nitrogens with zero attached hydrogens (tertiary/aromatic N) is 3. The fraction of sp³-hybridized carbons (Fsp3) is 0.316. The molecule has 162 valence electrons. The summed E-state index contributed by atoms with van der Waals surface area (Å²) in [4.78, 5) is 15.4. The minimum atomic E-state index is -4.91. The van der Waals surface area contributed by atoms with Crippen LogP contribution in [0.2, 0.25) is 0 Å². The van der Waals surface area contributed by atoms with Crippen molar-refractivity contribution in [2.24, 2.45) is 0 Å². The fourth-order valence-corrected chi connectivity index (χ4v) is 4.00. The number of halogens is 5. The summed E-state index contributed by atoms with van der Waals surface area (Å²) in [5.74, 6) is -0.908. The van der Waals surface area contributed by atoms with Crippen molar-refractivity contribution in [2.45, 2.75) is 24.5 Å². The molecule has 2 aromatic heterocycles. The van der Waals surface area contributed by atoms with Gasteiger partial charge in [0.2, 0.25) is 6.10 Å². The van der Waals surface area contributed by atoms with Gasteiger partial charge in [0.25, 0.3) is 0 Å². The predicted molar refractivity (Wildman–Crippen MR) is 98.6 cm³/mol. The number of ether oxygens (including phenoxy) is 1. The standard InChI is InChI=1S/C19H14F5N5O2/c20-8-1-2-9-12(5-8)29(13-7-25-6-11(13)21)28-15(9)10-3-4-26-17-14(10)16(19(22,23)24)31-18(30)27-17/h1-5,11,13,16,25H,6-7H2,(H,26,27,30)/t11-,13+,16-/m1/s1. The average molecular weight is 439 g/mol. The molecule has 1 fully saturated rings. The summed E-state index contributed by atoms with van der Waals surface area (Å²) in [6.45, 7) is 0.310. The Morgan fingerprint density at radius 3 is 2.71 bits per heavy atom. The molecule has 1 aromatic carbocycles. The van der Waals surface area contributed by atoms with Crippen molar-refractivity contribution in [1.82, 2.24) is 20.1 Å². The molecule has 0 spiro atoms. The maximum Gasteiger partial charge on any atom is 0.430 e. The quantitative estimate of drug-likeness (QED) is 0.593. The van der Waals surface area contributed by atoms with E-state index in [1.807, 2.05) is 0 Å². The Balaban J connectivity index is 1.77. The summed E-state index contributed by atoms with van der Waals surface area (Å²) in [5.41, 5.74) is -0.126. The zero-order valence-electron chi connectivity index (χ0n) is 15.6. The number of alkyl halides is 4. The van der Waals surface area contributed by atoms with Crippen LogP contribution < -0.4 is 10.6 Å². The largest absolute Gasteiger partial charge is 0.431 e. The van der Waals surface area contributed by atoms with Crippen LogP contribution in [0.4, 0.5) is 32.6 Å². The normalized spacial score (nSPS) is 23.5. The molecule has 2 N–H and O–H groups in total. The second-order valence-electron chi connectivity index (χ2n) is 7.27. The summed E-state index contributed by atoms with van der Waals surface area (Å²) in [7, 11) is 0. The highest BCUT2D eigenvalue weighted by molar-refractivity contribution is 5.97. The van der Waals surface area contributed by atoms with Gasteiger partial charge in [-0.25, -0.2) is 18.6 Å². The lowest BCUT2D eigenvalue weighted by Crippen LogP contribution is -2.34. The number of carbonyl (C=O) groups excluding carboxylic acids is 1. The third kappa shape index (κ3) is 3.17. The smallest absolute Gasteiger partial charge is 0.430 e. The van der Waals surface area contributed by atoms with Crippen molar-refractivity contribution in [3.05, 3.63) is 41.8 Å². The minimum absolute atomic E-state index is 0.0101. The molecular weight excluding hydrogens is 425 g/mol. The fourth-order valence-electron chi connectivity index (χ4n) is 4.00. The van der Waals surface area contributed by atoms with E-state index in [9.17, 15) is 26.7 Å². The highest BCUT2D eigenvalue weighted by Gasteiger charge is 2.49. The first kappa shape index (κ1) is 19.7. The van der Waals surface area contributed by atoms with Gasteiger partial charge in [-0.1, -0.05) is 0 Å². The first-order chi connectivity index (χ1) is 14.7. The van der Waals surface area contributed by atoms with E-state index < -0.39 is 42.0 Å². The number of rotatable bonds is 2. The number of amides is 1. The van der Waals surface area contributed by atoms with Crippen molar-refractivity contribution in [3.63, 3.8) is 0 Å². The third-order valence-corrected chi connectivity index (χ3v) is 5.34. The number of carbonyl (C=O) groups is 1. The van der Waals surface area contributed by atoms with Gasteiger partial charge in [0.15, 0.2) is 0 Å². The average Bonchev–Trinajstić information content (AvgIpc) is 3.28. The summed E-state index contributed by atoms with van der Waals surface area (Å²) in [6, 6.07) is 4.21. The Morgan fingerprint density at radius 1 is 1.19 bits per heavy atom. The minimum Gasteiger partial charge on any atom is -0.431 e. The number of fused-ring (bicyclic) bond motifs is 2. The van der Waals surface area contributed by atoms with Crippen LogP contribution in [-0.2, 0) is 4.74 Å². The van der Waals surface area contributed by atoms with E-state index in [4.69, 9.17) is 0 Å². The molecule has 1 saturated heterocycles. The zero-order valence-corrected chi connectivity index (χ0v) is 15.6. The van der Waals surface area contributed by atoms with Gasteiger partial charge < -0.3 is 10.1 Å². The Labute approximate surface area is 171 Å². The molecule has 0 aliphatic carbocycles. The molecule has 7 nitrogen and oxygen atoms in total. The molecule has 0 bridgehead atoms. The molecule has 31 heavy (non-hydrogen) atoms. The number of pyridine rings is 1. The van der Waals surface area contributed by atoms with Crippen molar-refractivity contribution >= 4 is 22.8 Å². The lowest BCUT2D eigenvalue weighted by Gasteiger charge is -2.28. The third-order valence-electron chi connectivity index (χ3n) is 5.34. The number of hydrogen-bond acceptors (Lipinski definition) is 5. The van der Waals surface area contributed by atoms with E-state index in [1.165, 1.54) is 23.0 Å². The number of hydrogen-bond donors (Lipinski definition) is 2. The number of nitrogens with one attached hydrogen (secondary N) is 2. The van der Waals surface area contributed by atoms with Crippen LogP contribution in [-0.4, -0.2) is 46.3 Å². The van der Waals surface area contributed by atoms with Crippen LogP contribution in [0.3, 0.4) is 0 Å². The van der Waals surface area contributed by atoms with Gasteiger partial charge in [0.05, 0.1) is 17.1 Å². The second kappa shape index (κ2) is 6.87. The van der Waals surface area contributed by atoms with Crippen LogP contribution >= 0.6 is 0 Å². The summed E-state index contributed by atoms with van der Waals surface area (Å²) < 4.78 is 75.3. The van der Waals surface area contributed by atoms with Crippen LogP contribution in [0.15, 0.2) is 30.5 Å². The topological polar surface area (TPSA) is 81.1 Å². The summed E-state index contributed by atoms with van der Waals surface area (Å²) >= 11 is 0. The van der Waals surface area contributed by atoms with E-state index >= 15 is 0 Å². The maximum atomic E-state index is 14.4. The van der Waals surface area contributed by atoms with Gasteiger partial charge in [-0.15, -0.1) is 0 Å². The van der Waals surface area contributed by atoms with E-state index in [-0.39, 0.29) is 35.7 Å². The summed E-state index contributed by atoms with van der Waals surface area (Å²) in [6.07, 6.45) is -8.85. The molecule has 0 unspecified atom stereocenters. The number of benzene rings is 1. The maximum absolute atomic E-state index is 14.4. The molecular formula is C19H14F5N5O2. The number of anilines is 1. The highest BCUT2D eigenvalue weighted by atomic mass is 19.4. The highest BCUT2D eigenvalue weighted by Crippen LogP contribution is 2.46. The Hall–Kier alpha value is -3.28. The van der Waals surface area contributed by atoms with Crippen molar-refractivity contribution in [3.8, 4) is 11.3 Å². The van der Waals surface area contributed by atoms with Gasteiger partial charge >= 0.3 is 12.3 Å². The molecule has 1 amide bonds. The molecule has 0 radical (unpaired) electrons. The van der Waals surface area contributed by atoms with Gasteiger partial charge in [-0.05, 0) is 24.3 Å². The van der Waals surface area contributed by atoms with Crippen molar-refractivity contribution in [1.29, 1.82) is 0 Å². The molecule has 0 saturated carbocycles. The zero-order chi connectivity index (χ0) is 21.9. The molecule has 2 aliphatic rings. The SMILES string of the molecule is O=C1Nc2nccc(-c3nn([C@H]4CNC[C@H]4F)c4cc(F)ccc34)c2[C@H](C(F)(F)F)O1. The van der Waals surface area contributed by atoms with E-state index in [2.05, 4.69) is 25.5 Å². The van der Waals surface area contributed by atoms with Crippen LogP contribution in [0.1, 0.15) is 17.7 Å². The molecule has 12 heteroatoms. The first-order valence-electron chi connectivity index (χ1n) is 9.30. The Bertz CT molecular complexity index is 1190. The molecule has 3 atom stereocenters. The van der Waals surface area contributed by atoms with Crippen molar-refractivity contribution in [2.75, 3.05) is 18.4 Å². The van der Waals surface area contributed by atoms with Crippen molar-refractivity contribution < 1.29 is 31.5 Å². The molecule has 3 aromatic rings. The lowest BCUT2D eigenvalue weighted by molar-refractivity contribution is -0.206. The molecule has 5 rings (SSSR count). The van der Waals surface area contributed by atoms with Crippen LogP contribution in [0, 0.1) is 5.82 Å². The number of cyclic esters (lactones) is 1. The Morgan fingerprint density at radius 2 is 2.00 bits per heavy atom. The van der Waals surface area contributed by atoms with Gasteiger partial charge in [0.1, 0.15) is 23.5 Å². The monoisotopic (exact) mass is 439 g/mol. The molecule has 2 aliphatic heterocycles. The van der Waals surface area contributed by atoms with Gasteiger partial charge in [-0.3, -0.25) is 10.00 Å². The molecule has 4 heterocycles. The Kier molecular flexibility index (Phi) is 4.36. The lowest BCUT2D eigenvalue weighted by atomic mass is 9.97. The van der Waals surface area contributed by atoms with Gasteiger partial charge in [0, 0.05) is 30.2 Å². The van der Waals surface area contributed by atoms with Crippen LogP contribution in [0.25, 0.3) is 22.2 Å². The van der Waals surface area contributed by atoms with E-state index in [0.29, 0.717) is 5.39 Å². The summed E-state index contributed by atoms with van der Waals surface area (Å²) in [5, 5.41) is 9.75. The second-order valence-corrected chi connectivity index (χ2v) is 7.27. The predicted octanol–water partition coefficient (Wildman–Crippen LogP) is 3.89. The number of aromatic nitrogens is 3. The van der Waals surface area contributed by atoms with Gasteiger partial charge in [-0.2, -0.15) is 18.3 Å². The first-order valence-corrected chi connectivity index (χ1v) is 9.30. The van der Waals surface area contributed by atoms with E-state index in [0.717, 1.165) is 12.1 Å².